The highest BCUT2D eigenvalue weighted by Gasteiger charge is 2.21. The summed E-state index contributed by atoms with van der Waals surface area (Å²) in [7, 11) is 0. The molecule has 0 aliphatic heterocycles. The zero-order chi connectivity index (χ0) is 18.1. The number of aliphatic hydroxyl groups excluding tert-OH is 1. The maximum Gasteiger partial charge on any atom is 0.349 e. The topological polar surface area (TPSA) is 93.1 Å². The molecule has 0 amide bonds. The first-order valence-corrected chi connectivity index (χ1v) is 6.83. The fraction of sp³-hybridized carbons (Fsp3) is 0.600. The Morgan fingerprint density at radius 1 is 1.14 bits per heavy atom. The van der Waals surface area contributed by atoms with E-state index in [1.165, 1.54) is 13.8 Å². The Morgan fingerprint density at radius 2 is 1.59 bits per heavy atom. The maximum absolute atomic E-state index is 10.9. The molecule has 0 atom stereocenters. The first-order chi connectivity index (χ1) is 9.72. The van der Waals surface area contributed by atoms with E-state index in [1.54, 1.807) is 20.8 Å². The van der Waals surface area contributed by atoms with Crippen LogP contribution >= 0.6 is 11.6 Å². The predicted octanol–water partition coefficient (Wildman–Crippen LogP) is 1.93. The van der Waals surface area contributed by atoms with Crippen molar-refractivity contribution in [3.63, 3.8) is 0 Å². The van der Waals surface area contributed by atoms with Gasteiger partial charge in [0.15, 0.2) is 0 Å². The van der Waals surface area contributed by atoms with Gasteiger partial charge in [-0.25, -0.2) is 9.59 Å². The zero-order valence-corrected chi connectivity index (χ0v) is 14.5. The normalized spacial score (nSPS) is 10.9. The van der Waals surface area contributed by atoms with Crippen molar-refractivity contribution >= 4 is 23.5 Å². The summed E-state index contributed by atoms with van der Waals surface area (Å²) in [6.07, 6.45) is 0. The van der Waals surface area contributed by atoms with Gasteiger partial charge in [0.05, 0.1) is 12.2 Å². The Balaban J connectivity index is 0. The first kappa shape index (κ1) is 22.9. The lowest BCUT2D eigenvalue weighted by Crippen LogP contribution is -2.32. The Labute approximate surface area is 136 Å². The van der Waals surface area contributed by atoms with Crippen LogP contribution in [0.25, 0.3) is 0 Å². The monoisotopic (exact) mass is 336 g/mol. The number of aliphatic hydroxyl groups is 2. The molecule has 7 heteroatoms. The van der Waals surface area contributed by atoms with Crippen LogP contribution in [0.1, 0.15) is 34.6 Å². The predicted molar refractivity (Wildman–Crippen MR) is 84.3 cm³/mol. The van der Waals surface area contributed by atoms with Crippen LogP contribution in [0.15, 0.2) is 23.8 Å². The molecule has 6 nitrogen and oxygen atoms in total. The van der Waals surface area contributed by atoms with Crippen molar-refractivity contribution in [3.05, 3.63) is 23.8 Å². The second-order valence-corrected chi connectivity index (χ2v) is 6.34. The molecule has 0 aromatic heterocycles. The lowest BCUT2D eigenvalue weighted by atomic mass is 10.1. The standard InChI is InChI=1S/C8H14O3.C7H11ClO3/c1-6(2)7(10)11-8(3,4)5-9;1-5(8)6(9)11-4-7(2,3)10/h9H,1,5H2,2-4H3;10H,1,4H2,2-3H3. The molecule has 0 spiro atoms. The molecule has 128 valence electrons. The Hall–Kier alpha value is -1.37. The molecule has 22 heavy (non-hydrogen) atoms. The third kappa shape index (κ3) is 13.6. The molecule has 0 rings (SSSR count). The number of carbonyl (C=O) groups excluding carboxylic acids is 2. The van der Waals surface area contributed by atoms with Crippen LogP contribution in [0.4, 0.5) is 0 Å². The number of hydrogen-bond donors (Lipinski definition) is 2. The van der Waals surface area contributed by atoms with E-state index in [0.29, 0.717) is 5.57 Å². The van der Waals surface area contributed by atoms with Crippen molar-refractivity contribution in [2.24, 2.45) is 0 Å². The third-order valence-corrected chi connectivity index (χ3v) is 2.03. The van der Waals surface area contributed by atoms with Gasteiger partial charge in [-0.05, 0) is 34.6 Å². The van der Waals surface area contributed by atoms with Gasteiger partial charge in [0, 0.05) is 5.57 Å². The summed E-state index contributed by atoms with van der Waals surface area (Å²) in [5.74, 6) is -1.17. The van der Waals surface area contributed by atoms with Crippen LogP contribution in [0.3, 0.4) is 0 Å². The van der Waals surface area contributed by atoms with Gasteiger partial charge in [0.2, 0.25) is 0 Å². The molecule has 0 bridgehead atoms. The molecule has 0 heterocycles. The summed E-state index contributed by atoms with van der Waals surface area (Å²) in [6, 6.07) is 0. The van der Waals surface area contributed by atoms with E-state index < -0.39 is 23.1 Å². The van der Waals surface area contributed by atoms with Crippen LogP contribution in [0, 0.1) is 0 Å². The fourth-order valence-corrected chi connectivity index (χ4v) is 0.745. The second kappa shape index (κ2) is 9.61. The van der Waals surface area contributed by atoms with Crippen LogP contribution in [0.2, 0.25) is 0 Å². The van der Waals surface area contributed by atoms with Crippen molar-refractivity contribution in [2.45, 2.75) is 45.8 Å². The summed E-state index contributed by atoms with van der Waals surface area (Å²) in [5, 5.41) is 17.6. The average Bonchev–Trinajstić information content (AvgIpc) is 2.35. The van der Waals surface area contributed by atoms with Crippen molar-refractivity contribution in [3.8, 4) is 0 Å². The van der Waals surface area contributed by atoms with Gasteiger partial charge in [0.1, 0.15) is 17.2 Å². The number of carbonyl (C=O) groups is 2. The lowest BCUT2D eigenvalue weighted by molar-refractivity contribution is -0.154. The molecule has 0 radical (unpaired) electrons. The molecule has 2 N–H and O–H groups in total. The van der Waals surface area contributed by atoms with E-state index in [4.69, 9.17) is 26.6 Å². The Kier molecular flexibility index (Phi) is 10.0. The van der Waals surface area contributed by atoms with Gasteiger partial charge in [-0.15, -0.1) is 0 Å². The van der Waals surface area contributed by atoms with Gasteiger partial charge >= 0.3 is 11.9 Å². The van der Waals surface area contributed by atoms with Crippen molar-refractivity contribution in [1.29, 1.82) is 0 Å². The van der Waals surface area contributed by atoms with Crippen LogP contribution in [-0.2, 0) is 19.1 Å². The summed E-state index contributed by atoms with van der Waals surface area (Å²) < 4.78 is 9.41. The van der Waals surface area contributed by atoms with Crippen molar-refractivity contribution in [2.75, 3.05) is 13.2 Å². The SMILES string of the molecule is C=C(C)C(=O)OC(C)(C)CO.C=C(Cl)C(=O)OCC(C)(C)O. The van der Waals surface area contributed by atoms with Gasteiger partial charge in [-0.2, -0.15) is 0 Å². The zero-order valence-electron chi connectivity index (χ0n) is 13.7. The Morgan fingerprint density at radius 3 is 1.86 bits per heavy atom. The van der Waals surface area contributed by atoms with E-state index in [2.05, 4.69) is 17.9 Å². The highest BCUT2D eigenvalue weighted by molar-refractivity contribution is 6.40. The molecule has 0 saturated carbocycles. The number of ether oxygens (including phenoxy) is 2. The fourth-order valence-electron chi connectivity index (χ4n) is 0.691. The maximum atomic E-state index is 10.9. The van der Waals surface area contributed by atoms with Crippen LogP contribution < -0.4 is 0 Å². The summed E-state index contributed by atoms with van der Waals surface area (Å²) >= 11 is 5.21. The van der Waals surface area contributed by atoms with E-state index in [9.17, 15) is 9.59 Å². The van der Waals surface area contributed by atoms with Crippen molar-refractivity contribution < 1.29 is 29.3 Å². The highest BCUT2D eigenvalue weighted by atomic mass is 35.5. The van der Waals surface area contributed by atoms with Gasteiger partial charge in [-0.1, -0.05) is 24.8 Å². The van der Waals surface area contributed by atoms with E-state index in [-0.39, 0.29) is 18.2 Å². The van der Waals surface area contributed by atoms with Gasteiger partial charge in [-0.3, -0.25) is 0 Å². The largest absolute Gasteiger partial charge is 0.458 e. The summed E-state index contributed by atoms with van der Waals surface area (Å²) in [6.45, 7) is 14.2. The van der Waals surface area contributed by atoms with Crippen LogP contribution in [-0.4, -0.2) is 46.6 Å². The van der Waals surface area contributed by atoms with E-state index in [0.717, 1.165) is 0 Å². The molecule has 0 fully saturated rings. The van der Waals surface area contributed by atoms with Crippen molar-refractivity contribution in [1.82, 2.24) is 0 Å². The second-order valence-electron chi connectivity index (χ2n) is 5.88. The molecule has 0 aromatic carbocycles. The van der Waals surface area contributed by atoms with Gasteiger partial charge < -0.3 is 19.7 Å². The lowest BCUT2D eigenvalue weighted by Gasteiger charge is -2.22. The molecular formula is C15H25ClO6. The van der Waals surface area contributed by atoms with Gasteiger partial charge in [0.25, 0.3) is 0 Å². The minimum atomic E-state index is -1.03. The average molecular weight is 337 g/mol. The molecule has 0 aliphatic rings. The van der Waals surface area contributed by atoms with E-state index in [1.807, 2.05) is 0 Å². The number of halogens is 1. The molecule has 0 aromatic rings. The molecular weight excluding hydrogens is 312 g/mol. The minimum Gasteiger partial charge on any atom is -0.458 e. The summed E-state index contributed by atoms with van der Waals surface area (Å²) in [4.78, 5) is 21.5. The first-order valence-electron chi connectivity index (χ1n) is 6.45. The van der Waals surface area contributed by atoms with E-state index >= 15 is 0 Å². The number of esters is 2. The quantitative estimate of drug-likeness (QED) is 0.568. The molecule has 0 aliphatic carbocycles. The smallest absolute Gasteiger partial charge is 0.349 e. The summed E-state index contributed by atoms with van der Waals surface area (Å²) in [5.41, 5.74) is -1.50. The Bertz CT molecular complexity index is 420. The third-order valence-electron chi connectivity index (χ3n) is 1.88. The number of rotatable bonds is 6. The number of hydrogen-bond acceptors (Lipinski definition) is 6. The minimum absolute atomic E-state index is 0.0857. The van der Waals surface area contributed by atoms with Crippen LogP contribution in [0.5, 0.6) is 0 Å². The molecule has 0 unspecified atom stereocenters. The highest BCUT2D eigenvalue weighted by Crippen LogP contribution is 2.09. The molecule has 0 saturated heterocycles.